The third-order valence-electron chi connectivity index (χ3n) is 2.30. The highest BCUT2D eigenvalue weighted by atomic mass is 35.5. The van der Waals surface area contributed by atoms with Crippen LogP contribution in [-0.2, 0) is 0 Å². The predicted molar refractivity (Wildman–Crippen MR) is 64.8 cm³/mol. The Bertz CT molecular complexity index is 605. The van der Waals surface area contributed by atoms with E-state index in [0.29, 0.717) is 11.3 Å². The molecule has 0 aliphatic carbocycles. The lowest BCUT2D eigenvalue weighted by molar-refractivity contribution is 0.398. The van der Waals surface area contributed by atoms with Crippen LogP contribution in [0.3, 0.4) is 0 Å². The van der Waals surface area contributed by atoms with Gasteiger partial charge in [-0.1, -0.05) is 11.6 Å². The molecular formula is C12H9ClF2N2O. The number of hydrogen-bond acceptors (Lipinski definition) is 3. The molecule has 0 radical (unpaired) electrons. The first-order chi connectivity index (χ1) is 8.47. The predicted octanol–water partition coefficient (Wildman–Crippen LogP) is 3.70. The molecule has 0 saturated heterocycles. The molecule has 0 aliphatic rings. The van der Waals surface area contributed by atoms with E-state index in [9.17, 15) is 8.78 Å². The molecule has 0 spiro atoms. The minimum Gasteiger partial charge on any atom is -0.433 e. The Morgan fingerprint density at radius 3 is 2.61 bits per heavy atom. The van der Waals surface area contributed by atoms with Gasteiger partial charge in [-0.25, -0.2) is 13.8 Å². The van der Waals surface area contributed by atoms with Crippen molar-refractivity contribution in [3.8, 4) is 11.6 Å². The van der Waals surface area contributed by atoms with Gasteiger partial charge in [-0.3, -0.25) is 0 Å². The summed E-state index contributed by atoms with van der Waals surface area (Å²) < 4.78 is 32.0. The first-order valence-corrected chi connectivity index (χ1v) is 5.39. The van der Waals surface area contributed by atoms with Crippen molar-refractivity contribution < 1.29 is 13.5 Å². The fraction of sp³-hybridized carbons (Fsp3) is 0.0833. The number of anilines is 1. The Morgan fingerprint density at radius 1 is 1.22 bits per heavy atom. The lowest BCUT2D eigenvalue weighted by atomic mass is 10.2. The maximum Gasteiger partial charge on any atom is 0.256 e. The van der Waals surface area contributed by atoms with Crippen molar-refractivity contribution in [1.82, 2.24) is 4.98 Å². The quantitative estimate of drug-likeness (QED) is 0.847. The van der Waals surface area contributed by atoms with Crippen LogP contribution in [0.25, 0.3) is 0 Å². The molecule has 18 heavy (non-hydrogen) atoms. The van der Waals surface area contributed by atoms with E-state index in [1.807, 2.05) is 0 Å². The van der Waals surface area contributed by atoms with Crippen molar-refractivity contribution in [3.63, 3.8) is 0 Å². The van der Waals surface area contributed by atoms with E-state index in [4.69, 9.17) is 22.1 Å². The maximum absolute atomic E-state index is 13.5. The van der Waals surface area contributed by atoms with Gasteiger partial charge in [0.1, 0.15) is 0 Å². The molecule has 1 aromatic heterocycles. The van der Waals surface area contributed by atoms with Crippen molar-refractivity contribution in [3.05, 3.63) is 46.6 Å². The van der Waals surface area contributed by atoms with E-state index in [0.717, 1.165) is 12.1 Å². The molecule has 1 aromatic carbocycles. The highest BCUT2D eigenvalue weighted by molar-refractivity contribution is 6.30. The van der Waals surface area contributed by atoms with Gasteiger partial charge in [-0.05, 0) is 24.6 Å². The smallest absolute Gasteiger partial charge is 0.256 e. The molecule has 0 saturated carbocycles. The Morgan fingerprint density at radius 2 is 1.94 bits per heavy atom. The first-order valence-electron chi connectivity index (χ1n) is 5.02. The third kappa shape index (κ3) is 2.51. The standard InChI is InChI=1S/C12H9ClF2N2O/c1-6-2-11(8(14)4-10(6)16)18-12-9(15)3-7(13)5-17-12/h2-5H,16H2,1H3. The van der Waals surface area contributed by atoms with Crippen LogP contribution in [0, 0.1) is 18.6 Å². The summed E-state index contributed by atoms with van der Waals surface area (Å²) in [6.07, 6.45) is 1.21. The summed E-state index contributed by atoms with van der Waals surface area (Å²) in [6.45, 7) is 1.69. The third-order valence-corrected chi connectivity index (χ3v) is 2.51. The van der Waals surface area contributed by atoms with Gasteiger partial charge in [-0.2, -0.15) is 0 Å². The number of nitrogens with two attached hydrogens (primary N) is 1. The summed E-state index contributed by atoms with van der Waals surface area (Å²) in [5.74, 6) is -1.94. The zero-order chi connectivity index (χ0) is 13.3. The normalized spacial score (nSPS) is 10.4. The van der Waals surface area contributed by atoms with E-state index in [1.54, 1.807) is 6.92 Å². The number of halogens is 3. The highest BCUT2D eigenvalue weighted by Crippen LogP contribution is 2.29. The molecule has 0 atom stereocenters. The number of ether oxygens (including phenoxy) is 1. The van der Waals surface area contributed by atoms with E-state index >= 15 is 0 Å². The van der Waals surface area contributed by atoms with Crippen molar-refractivity contribution in [2.24, 2.45) is 0 Å². The number of pyridine rings is 1. The van der Waals surface area contributed by atoms with Crippen LogP contribution in [0.15, 0.2) is 24.4 Å². The number of aryl methyl sites for hydroxylation is 1. The number of nitrogens with zero attached hydrogens (tertiary/aromatic N) is 1. The largest absolute Gasteiger partial charge is 0.433 e. The van der Waals surface area contributed by atoms with Crippen molar-refractivity contribution in [2.75, 3.05) is 5.73 Å². The molecule has 6 heteroatoms. The van der Waals surface area contributed by atoms with Gasteiger partial charge in [0, 0.05) is 18.0 Å². The van der Waals surface area contributed by atoms with Crippen molar-refractivity contribution in [1.29, 1.82) is 0 Å². The zero-order valence-electron chi connectivity index (χ0n) is 9.38. The van der Waals surface area contributed by atoms with Gasteiger partial charge >= 0.3 is 0 Å². The minimum absolute atomic E-state index is 0.133. The summed E-state index contributed by atoms with van der Waals surface area (Å²) in [6, 6.07) is 3.52. The molecule has 0 bridgehead atoms. The van der Waals surface area contributed by atoms with Crippen molar-refractivity contribution >= 4 is 17.3 Å². The molecule has 2 N–H and O–H groups in total. The lowest BCUT2D eigenvalue weighted by Gasteiger charge is -2.09. The van der Waals surface area contributed by atoms with Crippen LogP contribution in [0.2, 0.25) is 5.02 Å². The zero-order valence-corrected chi connectivity index (χ0v) is 10.1. The number of nitrogen functional groups attached to an aromatic ring is 1. The monoisotopic (exact) mass is 270 g/mol. The molecule has 0 aliphatic heterocycles. The van der Waals surface area contributed by atoms with Gasteiger partial charge in [0.05, 0.1) is 5.02 Å². The average Bonchev–Trinajstić information content (AvgIpc) is 2.29. The summed E-state index contributed by atoms with van der Waals surface area (Å²) in [7, 11) is 0. The number of benzene rings is 1. The molecule has 3 nitrogen and oxygen atoms in total. The van der Waals surface area contributed by atoms with Crippen LogP contribution in [0.4, 0.5) is 14.5 Å². The summed E-state index contributed by atoms with van der Waals surface area (Å²) >= 11 is 5.55. The van der Waals surface area contributed by atoms with Crippen molar-refractivity contribution in [2.45, 2.75) is 6.92 Å². The van der Waals surface area contributed by atoms with Crippen LogP contribution in [-0.4, -0.2) is 4.98 Å². The van der Waals surface area contributed by atoms with Crippen LogP contribution >= 0.6 is 11.6 Å². The van der Waals surface area contributed by atoms with E-state index in [-0.39, 0.29) is 16.7 Å². The Balaban J connectivity index is 2.37. The first kappa shape index (κ1) is 12.6. The molecule has 2 rings (SSSR count). The average molecular weight is 271 g/mol. The summed E-state index contributed by atoms with van der Waals surface area (Å²) in [4.78, 5) is 3.64. The Kier molecular flexibility index (Phi) is 3.34. The number of aromatic nitrogens is 1. The van der Waals surface area contributed by atoms with Gasteiger partial charge in [0.25, 0.3) is 5.88 Å². The maximum atomic E-state index is 13.5. The van der Waals surface area contributed by atoms with Gasteiger partial charge in [0.15, 0.2) is 17.4 Å². The molecule has 0 unspecified atom stereocenters. The molecule has 94 valence electrons. The SMILES string of the molecule is Cc1cc(Oc2ncc(Cl)cc2F)c(F)cc1N. The van der Waals surface area contributed by atoms with E-state index in [2.05, 4.69) is 4.98 Å². The minimum atomic E-state index is -0.767. The molecule has 0 fully saturated rings. The van der Waals surface area contributed by atoms with Crippen LogP contribution in [0.5, 0.6) is 11.6 Å². The second-order valence-electron chi connectivity index (χ2n) is 3.68. The van der Waals surface area contributed by atoms with Gasteiger partial charge in [-0.15, -0.1) is 0 Å². The Hall–Kier alpha value is -1.88. The fourth-order valence-electron chi connectivity index (χ4n) is 1.33. The van der Waals surface area contributed by atoms with Gasteiger partial charge < -0.3 is 10.5 Å². The lowest BCUT2D eigenvalue weighted by Crippen LogP contribution is -1.97. The van der Waals surface area contributed by atoms with E-state index < -0.39 is 11.6 Å². The van der Waals surface area contributed by atoms with Crippen LogP contribution in [0.1, 0.15) is 5.56 Å². The highest BCUT2D eigenvalue weighted by Gasteiger charge is 2.12. The number of rotatable bonds is 2. The van der Waals surface area contributed by atoms with Crippen LogP contribution < -0.4 is 10.5 Å². The summed E-state index contributed by atoms with van der Waals surface area (Å²) in [5.41, 5.74) is 6.45. The second kappa shape index (κ2) is 4.78. The molecule has 2 aromatic rings. The fourth-order valence-corrected chi connectivity index (χ4v) is 1.47. The number of hydrogen-bond donors (Lipinski definition) is 1. The molecular weight excluding hydrogens is 262 g/mol. The van der Waals surface area contributed by atoms with E-state index in [1.165, 1.54) is 12.3 Å². The second-order valence-corrected chi connectivity index (χ2v) is 4.12. The van der Waals surface area contributed by atoms with Gasteiger partial charge in [0.2, 0.25) is 0 Å². The molecule has 0 amide bonds. The summed E-state index contributed by atoms with van der Waals surface area (Å²) in [5, 5.41) is 0.133. The Labute approximate surface area is 107 Å². The molecule has 1 heterocycles. The topological polar surface area (TPSA) is 48.1 Å².